The lowest BCUT2D eigenvalue weighted by atomic mass is 10.3. The summed E-state index contributed by atoms with van der Waals surface area (Å²) in [5.74, 6) is -1.01. The second-order valence-electron chi connectivity index (χ2n) is 5.41. The Labute approximate surface area is 139 Å². The Balaban J connectivity index is 2.31. The van der Waals surface area contributed by atoms with Crippen molar-refractivity contribution < 1.29 is 14.3 Å². The van der Waals surface area contributed by atoms with Gasteiger partial charge in [-0.3, -0.25) is 19.1 Å². The number of ether oxygens (including phenoxy) is 1. The minimum absolute atomic E-state index is 0.172. The fourth-order valence-corrected chi connectivity index (χ4v) is 2.27. The first kappa shape index (κ1) is 17.5. The van der Waals surface area contributed by atoms with E-state index in [2.05, 4.69) is 5.32 Å². The maximum atomic E-state index is 12.7. The third-order valence-electron chi connectivity index (χ3n) is 3.77. The van der Waals surface area contributed by atoms with E-state index in [0.29, 0.717) is 11.4 Å². The van der Waals surface area contributed by atoms with Crippen molar-refractivity contribution in [3.05, 3.63) is 46.4 Å². The van der Waals surface area contributed by atoms with Crippen LogP contribution in [0.5, 0.6) is 0 Å². The van der Waals surface area contributed by atoms with Crippen LogP contribution in [0.1, 0.15) is 26.0 Å². The van der Waals surface area contributed by atoms with Gasteiger partial charge >= 0.3 is 5.97 Å². The fourth-order valence-electron chi connectivity index (χ4n) is 2.27. The van der Waals surface area contributed by atoms with Gasteiger partial charge in [-0.05, 0) is 26.0 Å². The van der Waals surface area contributed by atoms with E-state index in [-0.39, 0.29) is 17.7 Å². The molecule has 7 heteroatoms. The number of rotatable bonds is 5. The molecular weight excluding hydrogens is 310 g/mol. The zero-order valence-corrected chi connectivity index (χ0v) is 14.2. The first-order valence-electron chi connectivity index (χ1n) is 7.71. The lowest BCUT2D eigenvalue weighted by Crippen LogP contribution is -2.32. The summed E-state index contributed by atoms with van der Waals surface area (Å²) in [5.41, 5.74) is 1.12. The molecule has 0 fully saturated rings. The first-order valence-corrected chi connectivity index (χ1v) is 7.71. The molecule has 0 aliphatic rings. The summed E-state index contributed by atoms with van der Waals surface area (Å²) in [5, 5.41) is 2.57. The highest BCUT2D eigenvalue weighted by Crippen LogP contribution is 2.14. The molecule has 1 N–H and O–H groups in total. The number of carbonyl (C=O) groups is 2. The maximum Gasteiger partial charge on any atom is 0.306 e. The average Bonchev–Trinajstić information content (AvgIpc) is 2.78. The van der Waals surface area contributed by atoms with Crippen LogP contribution in [0, 0.1) is 6.92 Å². The number of benzene rings is 1. The second-order valence-corrected chi connectivity index (χ2v) is 5.41. The number of hydrogen-bond acceptors (Lipinski definition) is 4. The van der Waals surface area contributed by atoms with Gasteiger partial charge in [-0.2, -0.15) is 0 Å². The van der Waals surface area contributed by atoms with E-state index >= 15 is 0 Å². The molecule has 2 aromatic rings. The Hall–Kier alpha value is -2.83. The van der Waals surface area contributed by atoms with Crippen LogP contribution in [0.3, 0.4) is 0 Å². The van der Waals surface area contributed by atoms with Crippen molar-refractivity contribution in [2.24, 2.45) is 7.05 Å². The summed E-state index contributed by atoms with van der Waals surface area (Å²) < 4.78 is 8.10. The largest absolute Gasteiger partial charge is 0.453 e. The normalized spacial score (nSPS) is 11.8. The molecule has 1 aromatic carbocycles. The number of para-hydroxylation sites is 1. The number of hydrogen-bond donors (Lipinski definition) is 1. The van der Waals surface area contributed by atoms with Gasteiger partial charge in [-0.25, -0.2) is 4.68 Å². The Bertz CT molecular complexity index is 805. The minimum atomic E-state index is -0.971. The van der Waals surface area contributed by atoms with Crippen molar-refractivity contribution in [1.82, 2.24) is 9.36 Å². The zero-order chi connectivity index (χ0) is 17.9. The van der Waals surface area contributed by atoms with E-state index in [0.717, 1.165) is 0 Å². The summed E-state index contributed by atoms with van der Waals surface area (Å²) >= 11 is 0. The van der Waals surface area contributed by atoms with Crippen LogP contribution >= 0.6 is 0 Å². The number of carbonyl (C=O) groups excluding carboxylic acids is 2. The highest BCUT2D eigenvalue weighted by Gasteiger charge is 2.22. The highest BCUT2D eigenvalue weighted by molar-refractivity contribution is 5.95. The van der Waals surface area contributed by atoms with Gasteiger partial charge < -0.3 is 10.1 Å². The van der Waals surface area contributed by atoms with Crippen molar-refractivity contribution in [2.45, 2.75) is 33.3 Å². The molecule has 1 atom stereocenters. The van der Waals surface area contributed by atoms with Gasteiger partial charge in [0.05, 0.1) is 11.4 Å². The predicted octanol–water partition coefficient (Wildman–Crippen LogP) is 1.76. The SMILES string of the molecule is CCC(=O)OC(C)C(=O)Nc1c(C)n(C)n(-c2ccccc2)c1=O. The number of aromatic nitrogens is 2. The minimum Gasteiger partial charge on any atom is -0.453 e. The molecule has 128 valence electrons. The van der Waals surface area contributed by atoms with Crippen molar-refractivity contribution in [3.8, 4) is 5.69 Å². The molecule has 0 spiro atoms. The molecule has 1 amide bonds. The summed E-state index contributed by atoms with van der Waals surface area (Å²) in [4.78, 5) is 36.1. The zero-order valence-electron chi connectivity index (χ0n) is 14.2. The molecule has 7 nitrogen and oxygen atoms in total. The van der Waals surface area contributed by atoms with E-state index in [1.807, 2.05) is 18.2 Å². The molecule has 0 bridgehead atoms. The van der Waals surface area contributed by atoms with Crippen molar-refractivity contribution >= 4 is 17.6 Å². The van der Waals surface area contributed by atoms with Gasteiger partial charge in [-0.15, -0.1) is 0 Å². The first-order chi connectivity index (χ1) is 11.4. The molecule has 0 radical (unpaired) electrons. The van der Waals surface area contributed by atoms with E-state index < -0.39 is 18.0 Å². The van der Waals surface area contributed by atoms with Crippen LogP contribution in [-0.2, 0) is 21.4 Å². The fraction of sp³-hybridized carbons (Fsp3) is 0.353. The average molecular weight is 331 g/mol. The number of nitrogens with one attached hydrogen (secondary N) is 1. The Kier molecular flexibility index (Phi) is 5.23. The standard InChI is InChI=1S/C17H21N3O4/c1-5-14(21)24-12(3)16(22)18-15-11(2)19(4)20(17(15)23)13-9-7-6-8-10-13/h6-10,12H,5H2,1-4H3,(H,18,22). The molecule has 0 aliphatic heterocycles. The Morgan fingerprint density at radius 2 is 1.88 bits per heavy atom. The molecule has 0 saturated heterocycles. The second kappa shape index (κ2) is 7.16. The van der Waals surface area contributed by atoms with Crippen LogP contribution in [0.25, 0.3) is 5.69 Å². The monoisotopic (exact) mass is 331 g/mol. The van der Waals surface area contributed by atoms with E-state index in [1.165, 1.54) is 11.6 Å². The number of nitrogens with zero attached hydrogens (tertiary/aromatic N) is 2. The topological polar surface area (TPSA) is 82.3 Å². The molecule has 2 rings (SSSR count). The summed E-state index contributed by atoms with van der Waals surface area (Å²) in [6.07, 6.45) is -0.787. The molecular formula is C17H21N3O4. The van der Waals surface area contributed by atoms with Gasteiger partial charge in [0, 0.05) is 13.5 Å². The number of anilines is 1. The predicted molar refractivity (Wildman–Crippen MR) is 90.2 cm³/mol. The van der Waals surface area contributed by atoms with Gasteiger partial charge in [0.2, 0.25) is 0 Å². The molecule has 1 heterocycles. The van der Waals surface area contributed by atoms with Crippen LogP contribution in [0.15, 0.2) is 35.1 Å². The number of amides is 1. The Morgan fingerprint density at radius 1 is 1.25 bits per heavy atom. The third-order valence-corrected chi connectivity index (χ3v) is 3.77. The van der Waals surface area contributed by atoms with Gasteiger partial charge in [0.1, 0.15) is 5.69 Å². The lowest BCUT2D eigenvalue weighted by molar-refractivity contribution is -0.152. The maximum absolute atomic E-state index is 12.7. The van der Waals surface area contributed by atoms with Crippen LogP contribution in [0.4, 0.5) is 5.69 Å². The van der Waals surface area contributed by atoms with E-state index in [4.69, 9.17) is 4.74 Å². The summed E-state index contributed by atoms with van der Waals surface area (Å²) in [7, 11) is 1.74. The smallest absolute Gasteiger partial charge is 0.306 e. The van der Waals surface area contributed by atoms with Crippen LogP contribution in [-0.4, -0.2) is 27.3 Å². The van der Waals surface area contributed by atoms with Gasteiger partial charge in [0.25, 0.3) is 11.5 Å². The Morgan fingerprint density at radius 3 is 2.46 bits per heavy atom. The van der Waals surface area contributed by atoms with Crippen molar-refractivity contribution in [2.75, 3.05) is 5.32 Å². The van der Waals surface area contributed by atoms with Gasteiger partial charge in [0.15, 0.2) is 6.10 Å². The number of esters is 1. The van der Waals surface area contributed by atoms with Gasteiger partial charge in [-0.1, -0.05) is 25.1 Å². The quantitative estimate of drug-likeness (QED) is 0.847. The molecule has 0 aliphatic carbocycles. The summed E-state index contributed by atoms with van der Waals surface area (Å²) in [6, 6.07) is 9.12. The van der Waals surface area contributed by atoms with E-state index in [1.54, 1.807) is 37.7 Å². The third kappa shape index (κ3) is 3.40. The molecule has 24 heavy (non-hydrogen) atoms. The summed E-state index contributed by atoms with van der Waals surface area (Å²) in [6.45, 7) is 4.85. The molecule has 1 aromatic heterocycles. The highest BCUT2D eigenvalue weighted by atomic mass is 16.5. The lowest BCUT2D eigenvalue weighted by Gasteiger charge is -2.12. The molecule has 0 saturated carbocycles. The van der Waals surface area contributed by atoms with Crippen LogP contribution < -0.4 is 10.9 Å². The van der Waals surface area contributed by atoms with E-state index in [9.17, 15) is 14.4 Å². The van der Waals surface area contributed by atoms with Crippen molar-refractivity contribution in [3.63, 3.8) is 0 Å². The molecule has 1 unspecified atom stereocenters. The van der Waals surface area contributed by atoms with Crippen molar-refractivity contribution in [1.29, 1.82) is 0 Å². The van der Waals surface area contributed by atoms with Crippen LogP contribution in [0.2, 0.25) is 0 Å².